The van der Waals surface area contributed by atoms with Gasteiger partial charge in [-0.3, -0.25) is 0 Å². The van der Waals surface area contributed by atoms with Crippen molar-refractivity contribution in [2.45, 2.75) is 67.1 Å². The maximum absolute atomic E-state index is 12.2. The van der Waals surface area contributed by atoms with Crippen LogP contribution in [0.5, 0.6) is 0 Å². The third-order valence-corrected chi connectivity index (χ3v) is 8.75. The van der Waals surface area contributed by atoms with Crippen LogP contribution in [0.4, 0.5) is 16.6 Å². The van der Waals surface area contributed by atoms with Crippen molar-refractivity contribution < 1.29 is 17.9 Å². The SMILES string of the molecule is CC1(NC(=O)OCC2CC(c3cnc(Nc4ccc(S(=O)(=O)C5CC5)cn4)nc3)C2)CC1. The summed E-state index contributed by atoms with van der Waals surface area (Å²) in [5, 5.41) is 5.65. The number of anilines is 2. The van der Waals surface area contributed by atoms with Gasteiger partial charge in [0.05, 0.1) is 16.8 Å². The molecule has 0 aromatic carbocycles. The van der Waals surface area contributed by atoms with Crippen molar-refractivity contribution in [1.82, 2.24) is 20.3 Å². The first-order valence-corrected chi connectivity index (χ1v) is 12.6. The Hall–Kier alpha value is -2.75. The number of nitrogens with zero attached hydrogens (tertiary/aromatic N) is 3. The van der Waals surface area contributed by atoms with E-state index >= 15 is 0 Å². The minimum absolute atomic E-state index is 0.0573. The Kier molecular flexibility index (Phi) is 5.27. The molecule has 10 heteroatoms. The highest BCUT2D eigenvalue weighted by atomic mass is 32.2. The molecule has 3 aliphatic rings. The molecule has 2 aromatic rings. The van der Waals surface area contributed by atoms with Crippen molar-refractivity contribution in [1.29, 1.82) is 0 Å². The molecule has 0 aliphatic heterocycles. The van der Waals surface area contributed by atoms with Crippen molar-refractivity contribution in [2.24, 2.45) is 5.92 Å². The highest BCUT2D eigenvalue weighted by Crippen LogP contribution is 2.41. The fourth-order valence-corrected chi connectivity index (χ4v) is 5.45. The lowest BCUT2D eigenvalue weighted by molar-refractivity contribution is 0.0918. The molecule has 2 N–H and O–H groups in total. The average molecular weight is 458 g/mol. The van der Waals surface area contributed by atoms with E-state index < -0.39 is 9.84 Å². The molecule has 2 aromatic heterocycles. The Labute approximate surface area is 187 Å². The van der Waals surface area contributed by atoms with Crippen LogP contribution in [-0.4, -0.2) is 46.9 Å². The number of hydrogen-bond donors (Lipinski definition) is 2. The zero-order valence-electron chi connectivity index (χ0n) is 18.0. The number of alkyl carbamates (subject to hydrolysis) is 1. The van der Waals surface area contributed by atoms with Gasteiger partial charge in [0.1, 0.15) is 5.82 Å². The standard InChI is InChI=1S/C22H27N5O4S/c1-22(6-7-22)27-21(28)31-13-14-8-15(9-14)16-10-24-20(25-11-16)26-19-5-4-18(12-23-19)32(29,30)17-2-3-17/h4-5,10-12,14-15,17H,2-3,6-9,13H2,1H3,(H,27,28)(H,23,24,25,26). The van der Waals surface area contributed by atoms with Crippen LogP contribution < -0.4 is 10.6 Å². The van der Waals surface area contributed by atoms with Crippen LogP contribution in [0.3, 0.4) is 0 Å². The number of sulfone groups is 1. The quantitative estimate of drug-likeness (QED) is 0.619. The van der Waals surface area contributed by atoms with Gasteiger partial charge in [0, 0.05) is 24.1 Å². The molecule has 0 radical (unpaired) electrons. The van der Waals surface area contributed by atoms with Gasteiger partial charge >= 0.3 is 6.09 Å². The molecule has 2 heterocycles. The minimum Gasteiger partial charge on any atom is -0.449 e. The molecule has 0 saturated heterocycles. The van der Waals surface area contributed by atoms with Gasteiger partial charge in [0.25, 0.3) is 0 Å². The number of ether oxygens (including phenoxy) is 1. The lowest BCUT2D eigenvalue weighted by atomic mass is 9.72. The largest absolute Gasteiger partial charge is 0.449 e. The molecule has 3 saturated carbocycles. The van der Waals surface area contributed by atoms with E-state index in [1.54, 1.807) is 24.5 Å². The van der Waals surface area contributed by atoms with E-state index in [9.17, 15) is 13.2 Å². The minimum atomic E-state index is -3.24. The van der Waals surface area contributed by atoms with Crippen LogP contribution in [0, 0.1) is 5.92 Å². The number of nitrogens with one attached hydrogen (secondary N) is 2. The van der Waals surface area contributed by atoms with E-state index in [-0.39, 0.29) is 21.8 Å². The maximum atomic E-state index is 12.2. The Morgan fingerprint density at radius 1 is 1.12 bits per heavy atom. The predicted octanol–water partition coefficient (Wildman–Crippen LogP) is 3.32. The highest BCUT2D eigenvalue weighted by molar-refractivity contribution is 7.92. The van der Waals surface area contributed by atoms with E-state index in [0.29, 0.717) is 30.2 Å². The van der Waals surface area contributed by atoms with Gasteiger partial charge < -0.3 is 15.4 Å². The summed E-state index contributed by atoms with van der Waals surface area (Å²) in [5.74, 6) is 1.63. The second-order valence-electron chi connectivity index (χ2n) is 9.41. The van der Waals surface area contributed by atoms with E-state index in [0.717, 1.165) is 44.1 Å². The van der Waals surface area contributed by atoms with E-state index in [4.69, 9.17) is 4.74 Å². The van der Waals surface area contributed by atoms with Crippen molar-refractivity contribution in [3.63, 3.8) is 0 Å². The molecule has 0 atom stereocenters. The smallest absolute Gasteiger partial charge is 0.407 e. The van der Waals surface area contributed by atoms with Gasteiger partial charge in [-0.05, 0) is 75.0 Å². The second kappa shape index (κ2) is 7.99. The molecule has 0 spiro atoms. The van der Waals surface area contributed by atoms with E-state index in [1.165, 1.54) is 6.20 Å². The number of carbonyl (C=O) groups is 1. The normalized spacial score (nSPS) is 23.7. The summed E-state index contributed by atoms with van der Waals surface area (Å²) in [6, 6.07) is 3.20. The van der Waals surface area contributed by atoms with Crippen molar-refractivity contribution >= 4 is 27.7 Å². The van der Waals surface area contributed by atoms with E-state index in [2.05, 4.69) is 25.6 Å². The van der Waals surface area contributed by atoms with Crippen LogP contribution in [0.1, 0.15) is 56.9 Å². The fraction of sp³-hybridized carbons (Fsp3) is 0.545. The van der Waals surface area contributed by atoms with Gasteiger partial charge in [-0.1, -0.05) is 0 Å². The summed E-state index contributed by atoms with van der Waals surface area (Å²) in [4.78, 5) is 24.9. The first-order valence-electron chi connectivity index (χ1n) is 11.0. The molecule has 3 aliphatic carbocycles. The van der Waals surface area contributed by atoms with Crippen LogP contribution in [0.25, 0.3) is 0 Å². The Bertz CT molecular complexity index is 1090. The summed E-state index contributed by atoms with van der Waals surface area (Å²) in [7, 11) is -3.24. The first-order chi connectivity index (χ1) is 15.3. The van der Waals surface area contributed by atoms with Gasteiger partial charge in [-0.2, -0.15) is 0 Å². The topological polar surface area (TPSA) is 123 Å². The summed E-state index contributed by atoms with van der Waals surface area (Å²) in [6.07, 6.45) is 10.0. The number of rotatable bonds is 8. The van der Waals surface area contributed by atoms with Crippen molar-refractivity contribution in [3.05, 3.63) is 36.3 Å². The van der Waals surface area contributed by atoms with Gasteiger partial charge in [-0.15, -0.1) is 0 Å². The maximum Gasteiger partial charge on any atom is 0.407 e. The molecule has 1 amide bonds. The van der Waals surface area contributed by atoms with Gasteiger partial charge in [-0.25, -0.2) is 28.2 Å². The molecule has 3 fully saturated rings. The van der Waals surface area contributed by atoms with E-state index in [1.807, 2.05) is 6.92 Å². The average Bonchev–Trinajstić information content (AvgIpc) is 3.65. The number of carbonyl (C=O) groups excluding carboxylic acids is 1. The van der Waals surface area contributed by atoms with Gasteiger partial charge in [0.2, 0.25) is 5.95 Å². The molecule has 0 bridgehead atoms. The van der Waals surface area contributed by atoms with Crippen molar-refractivity contribution in [3.8, 4) is 0 Å². The first kappa shape index (κ1) is 21.1. The molecule has 0 unspecified atom stereocenters. The lowest BCUT2D eigenvalue weighted by Crippen LogP contribution is -2.36. The summed E-state index contributed by atoms with van der Waals surface area (Å²) >= 11 is 0. The monoisotopic (exact) mass is 457 g/mol. The number of hydrogen-bond acceptors (Lipinski definition) is 8. The number of aromatic nitrogens is 3. The molecular weight excluding hydrogens is 430 g/mol. The fourth-order valence-electron chi connectivity index (χ4n) is 3.85. The lowest BCUT2D eigenvalue weighted by Gasteiger charge is -2.34. The zero-order valence-corrected chi connectivity index (χ0v) is 18.8. The Morgan fingerprint density at radius 2 is 1.84 bits per heavy atom. The summed E-state index contributed by atoms with van der Waals surface area (Å²) < 4.78 is 29.8. The Balaban J connectivity index is 1.08. The Morgan fingerprint density at radius 3 is 2.44 bits per heavy atom. The van der Waals surface area contributed by atoms with Crippen LogP contribution >= 0.6 is 0 Å². The highest BCUT2D eigenvalue weighted by Gasteiger charge is 2.40. The molecule has 32 heavy (non-hydrogen) atoms. The molecule has 170 valence electrons. The molecule has 5 rings (SSSR count). The number of pyridine rings is 1. The van der Waals surface area contributed by atoms with Crippen LogP contribution in [-0.2, 0) is 14.6 Å². The summed E-state index contributed by atoms with van der Waals surface area (Å²) in [5.41, 5.74) is 0.999. The molecule has 9 nitrogen and oxygen atoms in total. The van der Waals surface area contributed by atoms with Crippen LogP contribution in [0.2, 0.25) is 0 Å². The summed E-state index contributed by atoms with van der Waals surface area (Å²) in [6.45, 7) is 2.47. The predicted molar refractivity (Wildman–Crippen MR) is 117 cm³/mol. The third-order valence-electron chi connectivity index (χ3n) is 6.50. The number of amides is 1. The van der Waals surface area contributed by atoms with Crippen molar-refractivity contribution in [2.75, 3.05) is 11.9 Å². The van der Waals surface area contributed by atoms with Gasteiger partial charge in [0.15, 0.2) is 9.84 Å². The van der Waals surface area contributed by atoms with Crippen LogP contribution in [0.15, 0.2) is 35.6 Å². The molecular formula is C22H27N5O4S. The second-order valence-corrected chi connectivity index (χ2v) is 11.6. The third kappa shape index (κ3) is 4.69. The zero-order chi connectivity index (χ0) is 22.3.